The van der Waals surface area contributed by atoms with Crippen LogP contribution in [0.1, 0.15) is 12.8 Å². The molecule has 1 heterocycles. The van der Waals surface area contributed by atoms with Gasteiger partial charge in [-0.05, 0) is 40.6 Å². The Labute approximate surface area is 128 Å². The van der Waals surface area contributed by atoms with Gasteiger partial charge in [-0.1, -0.05) is 23.5 Å². The highest BCUT2D eigenvalue weighted by Crippen LogP contribution is 2.43. The quantitative estimate of drug-likeness (QED) is 0.664. The first-order valence-electron chi connectivity index (χ1n) is 6.38. The minimum Gasteiger partial charge on any atom is -0.455 e. The van der Waals surface area contributed by atoms with Gasteiger partial charge in [0.05, 0.1) is 15.9 Å². The number of aromatic nitrogens is 1. The lowest BCUT2D eigenvalue weighted by molar-refractivity contribution is -0.152. The Morgan fingerprint density at radius 1 is 1.45 bits per heavy atom. The molecule has 1 amide bonds. The van der Waals surface area contributed by atoms with Crippen molar-refractivity contribution in [1.82, 2.24) is 4.98 Å². The van der Waals surface area contributed by atoms with Crippen LogP contribution in [0.2, 0.25) is 0 Å². The van der Waals surface area contributed by atoms with Gasteiger partial charge in [-0.2, -0.15) is 0 Å². The summed E-state index contributed by atoms with van der Waals surface area (Å²) in [5, 5.41) is 3.08. The van der Waals surface area contributed by atoms with Crippen molar-refractivity contribution in [2.45, 2.75) is 12.8 Å². The fourth-order valence-electron chi connectivity index (χ4n) is 2.76. The normalized spacial score (nSPS) is 26.8. The van der Waals surface area contributed by atoms with Crippen molar-refractivity contribution in [3.8, 4) is 0 Å². The average molecular weight is 357 g/mol. The Hall–Kier alpha value is -1.21. The number of halogens is 1. The number of ether oxygens (including phenoxy) is 1. The fraction of sp³-hybridized carbons (Fsp3) is 0.462. The topological polar surface area (TPSA) is 68.3 Å². The number of hydrogen-bond acceptors (Lipinski definition) is 5. The van der Waals surface area contributed by atoms with Gasteiger partial charge < -0.3 is 4.74 Å². The molecule has 106 valence electrons. The third kappa shape index (κ3) is 2.93. The molecule has 1 aromatic heterocycles. The number of fused-ring (bicyclic) bond motifs is 2. The Balaban J connectivity index is 1.46. The molecule has 5 nitrogen and oxygen atoms in total. The number of nitrogens with zero attached hydrogens (tertiary/aromatic N) is 1. The van der Waals surface area contributed by atoms with Crippen LogP contribution in [0.3, 0.4) is 0 Å². The maximum atomic E-state index is 11.9. The van der Waals surface area contributed by atoms with Crippen LogP contribution >= 0.6 is 27.3 Å². The van der Waals surface area contributed by atoms with Crippen LogP contribution in [0.15, 0.2) is 22.1 Å². The number of allylic oxidation sites excluding steroid dienone is 2. The predicted octanol–water partition coefficient (Wildman–Crippen LogP) is 2.60. The lowest BCUT2D eigenvalue weighted by Gasteiger charge is -2.16. The van der Waals surface area contributed by atoms with Crippen molar-refractivity contribution in [2.75, 3.05) is 11.9 Å². The number of rotatable bonds is 4. The van der Waals surface area contributed by atoms with Gasteiger partial charge in [0, 0.05) is 0 Å². The maximum Gasteiger partial charge on any atom is 0.310 e. The minimum absolute atomic E-state index is 0.0770. The van der Waals surface area contributed by atoms with Crippen molar-refractivity contribution in [2.24, 2.45) is 17.8 Å². The molecule has 0 radical (unpaired) electrons. The van der Waals surface area contributed by atoms with E-state index in [1.807, 2.05) is 0 Å². The van der Waals surface area contributed by atoms with Crippen LogP contribution in [0.4, 0.5) is 5.13 Å². The Morgan fingerprint density at radius 3 is 2.90 bits per heavy atom. The van der Waals surface area contributed by atoms with E-state index in [2.05, 4.69) is 38.4 Å². The smallest absolute Gasteiger partial charge is 0.310 e. The summed E-state index contributed by atoms with van der Waals surface area (Å²) >= 11 is 4.57. The molecule has 1 saturated carbocycles. The van der Waals surface area contributed by atoms with E-state index in [0.29, 0.717) is 17.0 Å². The lowest BCUT2D eigenvalue weighted by atomic mass is 9.94. The first-order valence-corrected chi connectivity index (χ1v) is 7.99. The van der Waals surface area contributed by atoms with Gasteiger partial charge in [-0.25, -0.2) is 4.98 Å². The molecule has 2 aliphatic rings. The van der Waals surface area contributed by atoms with Crippen molar-refractivity contribution in [3.63, 3.8) is 0 Å². The second kappa shape index (κ2) is 5.65. The molecule has 3 unspecified atom stereocenters. The van der Waals surface area contributed by atoms with Crippen molar-refractivity contribution >= 4 is 44.3 Å². The maximum absolute atomic E-state index is 11.9. The largest absolute Gasteiger partial charge is 0.455 e. The summed E-state index contributed by atoms with van der Waals surface area (Å²) in [6.45, 7) is -0.256. The molecule has 1 N–H and O–H groups in total. The monoisotopic (exact) mass is 356 g/mol. The van der Waals surface area contributed by atoms with Gasteiger partial charge in [0.1, 0.15) is 0 Å². The molecule has 2 bridgehead atoms. The lowest BCUT2D eigenvalue weighted by Crippen LogP contribution is -2.26. The third-order valence-corrected chi connectivity index (χ3v) is 5.04. The molecule has 7 heteroatoms. The highest BCUT2D eigenvalue weighted by atomic mass is 79.9. The summed E-state index contributed by atoms with van der Waals surface area (Å²) in [4.78, 5) is 27.6. The first-order chi connectivity index (χ1) is 9.61. The Morgan fingerprint density at radius 2 is 2.30 bits per heavy atom. The van der Waals surface area contributed by atoms with Gasteiger partial charge in [0.15, 0.2) is 11.7 Å². The zero-order chi connectivity index (χ0) is 14.1. The molecule has 0 spiro atoms. The van der Waals surface area contributed by atoms with E-state index in [4.69, 9.17) is 4.74 Å². The predicted molar refractivity (Wildman–Crippen MR) is 78.2 cm³/mol. The number of thiazole rings is 1. The minimum atomic E-state index is -0.362. The van der Waals surface area contributed by atoms with Crippen molar-refractivity contribution in [1.29, 1.82) is 0 Å². The third-order valence-electron chi connectivity index (χ3n) is 3.65. The zero-order valence-electron chi connectivity index (χ0n) is 10.5. The van der Waals surface area contributed by atoms with Crippen LogP contribution < -0.4 is 5.32 Å². The molecule has 20 heavy (non-hydrogen) atoms. The number of nitrogens with one attached hydrogen (secondary N) is 1. The van der Waals surface area contributed by atoms with Crippen molar-refractivity contribution in [3.05, 3.63) is 22.1 Å². The molecular formula is C13H13BrN2O3S. The SMILES string of the molecule is O=C(COC(=O)C1CC2C=CC1C2)Nc1ncc(Br)s1. The first kappa shape index (κ1) is 13.8. The van der Waals surface area contributed by atoms with Gasteiger partial charge >= 0.3 is 5.97 Å². The van der Waals surface area contributed by atoms with Gasteiger partial charge in [-0.15, -0.1) is 0 Å². The number of esters is 1. The van der Waals surface area contributed by atoms with E-state index in [1.54, 1.807) is 6.20 Å². The molecule has 0 aliphatic heterocycles. The van der Waals surface area contributed by atoms with E-state index in [-0.39, 0.29) is 24.4 Å². The van der Waals surface area contributed by atoms with E-state index in [1.165, 1.54) is 11.3 Å². The fourth-order valence-corrected chi connectivity index (χ4v) is 3.89. The molecular weight excluding hydrogens is 344 g/mol. The summed E-state index contributed by atoms with van der Waals surface area (Å²) in [7, 11) is 0. The summed E-state index contributed by atoms with van der Waals surface area (Å²) in [6, 6.07) is 0. The van der Waals surface area contributed by atoms with Crippen LogP contribution in [-0.2, 0) is 14.3 Å². The summed E-state index contributed by atoms with van der Waals surface area (Å²) in [5.41, 5.74) is 0. The van der Waals surface area contributed by atoms with E-state index in [9.17, 15) is 9.59 Å². The number of amides is 1. The molecule has 1 fully saturated rings. The summed E-state index contributed by atoms with van der Waals surface area (Å²) in [5.74, 6) is 0.104. The highest BCUT2D eigenvalue weighted by molar-refractivity contribution is 9.11. The van der Waals surface area contributed by atoms with Crippen LogP contribution in [0, 0.1) is 17.8 Å². The number of carbonyl (C=O) groups excluding carboxylic acids is 2. The van der Waals surface area contributed by atoms with E-state index >= 15 is 0 Å². The second-order valence-electron chi connectivity index (χ2n) is 5.01. The molecule has 3 rings (SSSR count). The number of anilines is 1. The number of carbonyl (C=O) groups is 2. The highest BCUT2D eigenvalue weighted by Gasteiger charge is 2.40. The summed E-state index contributed by atoms with van der Waals surface area (Å²) in [6.07, 6.45) is 7.75. The average Bonchev–Trinajstić information content (AvgIpc) is 3.12. The van der Waals surface area contributed by atoms with Crippen LogP contribution in [0.25, 0.3) is 0 Å². The van der Waals surface area contributed by atoms with Crippen LogP contribution in [-0.4, -0.2) is 23.5 Å². The zero-order valence-corrected chi connectivity index (χ0v) is 12.9. The Kier molecular flexibility index (Phi) is 3.89. The standard InChI is InChI=1S/C13H13BrN2O3S/c14-10-5-15-13(20-10)16-11(17)6-19-12(18)9-4-7-1-2-8(9)3-7/h1-2,5,7-9H,3-4,6H2,(H,15,16,17). The molecule has 0 aromatic carbocycles. The molecule has 0 saturated heterocycles. The molecule has 1 aromatic rings. The van der Waals surface area contributed by atoms with E-state index < -0.39 is 0 Å². The van der Waals surface area contributed by atoms with Gasteiger partial charge in [0.25, 0.3) is 5.91 Å². The second-order valence-corrected chi connectivity index (χ2v) is 7.42. The number of hydrogen-bond donors (Lipinski definition) is 1. The molecule has 3 atom stereocenters. The van der Waals surface area contributed by atoms with Crippen LogP contribution in [0.5, 0.6) is 0 Å². The van der Waals surface area contributed by atoms with Gasteiger partial charge in [0.2, 0.25) is 0 Å². The van der Waals surface area contributed by atoms with E-state index in [0.717, 1.165) is 16.6 Å². The Bertz CT molecular complexity index is 572. The van der Waals surface area contributed by atoms with Crippen molar-refractivity contribution < 1.29 is 14.3 Å². The van der Waals surface area contributed by atoms with Gasteiger partial charge in [-0.3, -0.25) is 14.9 Å². The molecule has 2 aliphatic carbocycles. The summed E-state index contributed by atoms with van der Waals surface area (Å²) < 4.78 is 5.93.